The highest BCUT2D eigenvalue weighted by Crippen LogP contribution is 2.29. The molecule has 4 nitrogen and oxygen atoms in total. The first-order valence-electron chi connectivity index (χ1n) is 7.56. The van der Waals surface area contributed by atoms with Crippen LogP contribution in [0.25, 0.3) is 33.7 Å². The van der Waals surface area contributed by atoms with Crippen molar-refractivity contribution in [2.75, 3.05) is 0 Å². The van der Waals surface area contributed by atoms with Crippen molar-refractivity contribution in [1.82, 2.24) is 9.97 Å². The van der Waals surface area contributed by atoms with E-state index in [2.05, 4.69) is 16.0 Å². The molecule has 0 atom stereocenters. The molecule has 4 aromatic rings. The van der Waals surface area contributed by atoms with Gasteiger partial charge in [0, 0.05) is 21.3 Å². The summed E-state index contributed by atoms with van der Waals surface area (Å²) in [4.78, 5) is 9.08. The molecule has 0 aliphatic heterocycles. The van der Waals surface area contributed by atoms with E-state index in [-0.39, 0.29) is 0 Å². The minimum Gasteiger partial charge on any atom is -0.462 e. The third-order valence-corrected chi connectivity index (χ3v) is 5.54. The predicted molar refractivity (Wildman–Crippen MR) is 106 cm³/mol. The lowest BCUT2D eigenvalue weighted by atomic mass is 10.2. The second kappa shape index (κ2) is 7.26. The Morgan fingerprint density at radius 2 is 1.96 bits per heavy atom. The van der Waals surface area contributed by atoms with Gasteiger partial charge in [-0.25, -0.2) is 9.97 Å². The van der Waals surface area contributed by atoms with E-state index in [1.807, 2.05) is 47.2 Å². The first-order chi connectivity index (χ1) is 12.7. The molecule has 0 aliphatic carbocycles. The molecule has 4 rings (SSSR count). The number of hydrogen-bond donors (Lipinski definition) is 0. The van der Waals surface area contributed by atoms with Crippen molar-refractivity contribution in [3.63, 3.8) is 0 Å². The third-order valence-electron chi connectivity index (χ3n) is 3.54. The van der Waals surface area contributed by atoms with E-state index in [0.29, 0.717) is 27.1 Å². The SMILES string of the molecule is N#C/C(=C\c1csc(-c2ccco2)n1)c1nc(-c2ccc(Cl)cc2)cs1. The van der Waals surface area contributed by atoms with E-state index < -0.39 is 0 Å². The summed E-state index contributed by atoms with van der Waals surface area (Å²) in [6.07, 6.45) is 3.36. The molecule has 0 unspecified atom stereocenters. The lowest BCUT2D eigenvalue weighted by molar-refractivity contribution is 0.582. The Morgan fingerprint density at radius 1 is 1.12 bits per heavy atom. The second-order valence-corrected chi connectivity index (χ2v) is 7.42. The summed E-state index contributed by atoms with van der Waals surface area (Å²) in [6, 6.07) is 13.4. The van der Waals surface area contributed by atoms with Crippen molar-refractivity contribution in [1.29, 1.82) is 5.26 Å². The standard InChI is InChI=1S/C19H10ClN3OS2/c20-14-5-3-12(4-6-14)16-11-26-18(23-16)13(9-21)8-15-10-25-19(22-15)17-2-1-7-24-17/h1-8,10-11H/b13-8+. The van der Waals surface area contributed by atoms with Crippen LogP contribution in [-0.4, -0.2) is 9.97 Å². The maximum absolute atomic E-state index is 9.54. The van der Waals surface area contributed by atoms with Gasteiger partial charge in [-0.1, -0.05) is 23.7 Å². The first kappa shape index (κ1) is 16.7. The van der Waals surface area contributed by atoms with Crippen LogP contribution in [0.15, 0.2) is 57.8 Å². The van der Waals surface area contributed by atoms with Crippen LogP contribution in [0.5, 0.6) is 0 Å². The number of allylic oxidation sites excluding steroid dienone is 1. The van der Waals surface area contributed by atoms with E-state index >= 15 is 0 Å². The molecule has 26 heavy (non-hydrogen) atoms. The third kappa shape index (κ3) is 3.46. The van der Waals surface area contributed by atoms with E-state index in [0.717, 1.165) is 16.3 Å². The number of hydrogen-bond acceptors (Lipinski definition) is 6. The minimum absolute atomic E-state index is 0.478. The average Bonchev–Trinajstić information content (AvgIpc) is 3.40. The van der Waals surface area contributed by atoms with Gasteiger partial charge in [0.25, 0.3) is 0 Å². The Balaban J connectivity index is 1.63. The summed E-state index contributed by atoms with van der Waals surface area (Å²) < 4.78 is 5.35. The van der Waals surface area contributed by atoms with Crippen molar-refractivity contribution in [2.24, 2.45) is 0 Å². The highest BCUT2D eigenvalue weighted by Gasteiger charge is 2.11. The first-order valence-corrected chi connectivity index (χ1v) is 9.70. The van der Waals surface area contributed by atoms with E-state index in [9.17, 15) is 5.26 Å². The number of nitriles is 1. The maximum Gasteiger partial charge on any atom is 0.162 e. The van der Waals surface area contributed by atoms with Gasteiger partial charge in [0.2, 0.25) is 0 Å². The van der Waals surface area contributed by atoms with Crippen LogP contribution in [0.4, 0.5) is 0 Å². The number of aromatic nitrogens is 2. The molecular weight excluding hydrogens is 386 g/mol. The van der Waals surface area contributed by atoms with E-state index in [1.54, 1.807) is 12.3 Å². The molecule has 0 saturated heterocycles. The summed E-state index contributed by atoms with van der Waals surface area (Å²) in [7, 11) is 0. The van der Waals surface area contributed by atoms with Crippen LogP contribution < -0.4 is 0 Å². The van der Waals surface area contributed by atoms with Crippen molar-refractivity contribution >= 4 is 45.9 Å². The maximum atomic E-state index is 9.54. The number of furan rings is 1. The molecule has 1 aromatic carbocycles. The van der Waals surface area contributed by atoms with Gasteiger partial charge in [-0.3, -0.25) is 0 Å². The zero-order chi connectivity index (χ0) is 17.9. The Morgan fingerprint density at radius 3 is 2.69 bits per heavy atom. The normalized spacial score (nSPS) is 11.5. The van der Waals surface area contributed by atoms with Gasteiger partial charge in [0.1, 0.15) is 11.1 Å². The molecule has 0 bridgehead atoms. The molecule has 0 saturated carbocycles. The Kier molecular flexibility index (Phi) is 4.67. The number of halogens is 1. The van der Waals surface area contributed by atoms with Crippen LogP contribution >= 0.6 is 34.3 Å². The van der Waals surface area contributed by atoms with Gasteiger partial charge in [0.05, 0.1) is 23.2 Å². The van der Waals surface area contributed by atoms with Gasteiger partial charge in [0.15, 0.2) is 10.8 Å². The van der Waals surface area contributed by atoms with E-state index in [4.69, 9.17) is 16.0 Å². The topological polar surface area (TPSA) is 62.7 Å². The molecule has 3 heterocycles. The molecule has 126 valence electrons. The number of benzene rings is 1. The second-order valence-electron chi connectivity index (χ2n) is 5.27. The molecule has 3 aromatic heterocycles. The average molecular weight is 396 g/mol. The largest absolute Gasteiger partial charge is 0.462 e. The molecule has 0 N–H and O–H groups in total. The summed E-state index contributed by atoms with van der Waals surface area (Å²) in [5.74, 6) is 0.715. The van der Waals surface area contributed by atoms with Crippen LogP contribution in [0, 0.1) is 11.3 Å². The summed E-state index contributed by atoms with van der Waals surface area (Å²) >= 11 is 8.82. The fraction of sp³-hybridized carbons (Fsp3) is 0. The molecule has 0 amide bonds. The van der Waals surface area contributed by atoms with Gasteiger partial charge in [-0.05, 0) is 30.3 Å². The summed E-state index contributed by atoms with van der Waals surface area (Å²) in [6.45, 7) is 0. The number of rotatable bonds is 4. The Labute approximate surface area is 162 Å². The van der Waals surface area contributed by atoms with Crippen molar-refractivity contribution in [3.05, 3.63) is 69.1 Å². The van der Waals surface area contributed by atoms with Gasteiger partial charge in [-0.2, -0.15) is 5.26 Å². The zero-order valence-corrected chi connectivity index (χ0v) is 15.6. The molecule has 7 heteroatoms. The summed E-state index contributed by atoms with van der Waals surface area (Å²) in [5, 5.41) is 15.5. The van der Waals surface area contributed by atoms with Gasteiger partial charge >= 0.3 is 0 Å². The van der Waals surface area contributed by atoms with Crippen LogP contribution in [0.2, 0.25) is 5.02 Å². The zero-order valence-electron chi connectivity index (χ0n) is 13.2. The molecular formula is C19H10ClN3OS2. The molecule has 0 radical (unpaired) electrons. The van der Waals surface area contributed by atoms with Crippen molar-refractivity contribution in [2.45, 2.75) is 0 Å². The van der Waals surface area contributed by atoms with Gasteiger partial charge < -0.3 is 4.42 Å². The smallest absolute Gasteiger partial charge is 0.162 e. The molecule has 0 aliphatic rings. The fourth-order valence-corrected chi connectivity index (χ4v) is 3.97. The fourth-order valence-electron chi connectivity index (χ4n) is 2.31. The minimum atomic E-state index is 0.478. The van der Waals surface area contributed by atoms with E-state index in [1.165, 1.54) is 22.7 Å². The van der Waals surface area contributed by atoms with Crippen molar-refractivity contribution < 1.29 is 4.42 Å². The molecule has 0 fully saturated rings. The quantitative estimate of drug-likeness (QED) is 0.383. The number of thiazole rings is 2. The molecule has 0 spiro atoms. The van der Waals surface area contributed by atoms with Crippen LogP contribution in [0.1, 0.15) is 10.7 Å². The highest BCUT2D eigenvalue weighted by atomic mass is 35.5. The number of nitrogens with zero attached hydrogens (tertiary/aromatic N) is 3. The lowest BCUT2D eigenvalue weighted by Crippen LogP contribution is -1.83. The van der Waals surface area contributed by atoms with Crippen molar-refractivity contribution in [3.8, 4) is 28.1 Å². The van der Waals surface area contributed by atoms with Crippen LogP contribution in [0.3, 0.4) is 0 Å². The highest BCUT2D eigenvalue weighted by molar-refractivity contribution is 7.13. The monoisotopic (exact) mass is 395 g/mol. The van der Waals surface area contributed by atoms with Gasteiger partial charge in [-0.15, -0.1) is 22.7 Å². The lowest BCUT2D eigenvalue weighted by Gasteiger charge is -1.96. The van der Waals surface area contributed by atoms with Crippen LogP contribution in [-0.2, 0) is 0 Å². The summed E-state index contributed by atoms with van der Waals surface area (Å²) in [5.41, 5.74) is 2.97. The Bertz CT molecular complexity index is 1100. The predicted octanol–water partition coefficient (Wildman–Crippen LogP) is 6.24. The Hall–Kier alpha value is -2.72.